The van der Waals surface area contributed by atoms with Gasteiger partial charge >= 0.3 is 0 Å². The van der Waals surface area contributed by atoms with E-state index in [1.165, 1.54) is 6.07 Å². The number of nitrogens with one attached hydrogen (secondary N) is 1. The van der Waals surface area contributed by atoms with Crippen LogP contribution >= 0.6 is 0 Å². The third kappa shape index (κ3) is 2.01. The van der Waals surface area contributed by atoms with E-state index in [0.29, 0.717) is 0 Å². The standard InChI is InChI=1S/C12H13NO2/c1-8(2)15-10-5-3-4-9-6-7-11(14)13-12(9)10/h3-8H,1-2H3,(H,13,14). The molecule has 2 rings (SSSR count). The van der Waals surface area contributed by atoms with Crippen LogP contribution in [0.4, 0.5) is 0 Å². The summed E-state index contributed by atoms with van der Waals surface area (Å²) in [7, 11) is 0. The number of ether oxygens (including phenoxy) is 1. The molecule has 3 nitrogen and oxygen atoms in total. The Labute approximate surface area is 87.7 Å². The lowest BCUT2D eigenvalue weighted by Crippen LogP contribution is -2.08. The number of aromatic nitrogens is 1. The highest BCUT2D eigenvalue weighted by molar-refractivity contribution is 5.84. The van der Waals surface area contributed by atoms with Gasteiger partial charge in [-0.3, -0.25) is 4.79 Å². The first-order valence-corrected chi connectivity index (χ1v) is 4.95. The Hall–Kier alpha value is -1.77. The Kier molecular flexibility index (Phi) is 2.46. The van der Waals surface area contributed by atoms with Crippen molar-refractivity contribution in [2.75, 3.05) is 0 Å². The molecule has 1 aromatic carbocycles. The number of hydrogen-bond donors (Lipinski definition) is 1. The van der Waals surface area contributed by atoms with Crippen LogP contribution in [0.5, 0.6) is 5.75 Å². The molecule has 1 N–H and O–H groups in total. The van der Waals surface area contributed by atoms with Crippen molar-refractivity contribution in [1.29, 1.82) is 0 Å². The van der Waals surface area contributed by atoms with Gasteiger partial charge in [-0.2, -0.15) is 0 Å². The zero-order valence-corrected chi connectivity index (χ0v) is 8.78. The Balaban J connectivity index is 2.63. The molecule has 0 spiro atoms. The van der Waals surface area contributed by atoms with Gasteiger partial charge in [0.25, 0.3) is 0 Å². The van der Waals surface area contributed by atoms with Crippen LogP contribution in [0.3, 0.4) is 0 Å². The van der Waals surface area contributed by atoms with Crippen LogP contribution in [0.1, 0.15) is 13.8 Å². The molecule has 0 fully saturated rings. The fraction of sp³-hybridized carbons (Fsp3) is 0.250. The number of aromatic amines is 1. The molecular weight excluding hydrogens is 190 g/mol. The van der Waals surface area contributed by atoms with E-state index in [0.717, 1.165) is 16.7 Å². The first-order valence-electron chi connectivity index (χ1n) is 4.95. The first kappa shape index (κ1) is 9.77. The summed E-state index contributed by atoms with van der Waals surface area (Å²) in [5.41, 5.74) is 0.654. The summed E-state index contributed by atoms with van der Waals surface area (Å²) in [5, 5.41) is 0.979. The smallest absolute Gasteiger partial charge is 0.248 e. The van der Waals surface area contributed by atoms with Crippen LogP contribution in [-0.4, -0.2) is 11.1 Å². The van der Waals surface area contributed by atoms with Crippen molar-refractivity contribution in [1.82, 2.24) is 4.98 Å². The SMILES string of the molecule is CC(C)Oc1cccc2ccc(=O)[nH]c12. The van der Waals surface area contributed by atoms with Gasteiger partial charge in [0.2, 0.25) is 5.56 Å². The van der Waals surface area contributed by atoms with Crippen molar-refractivity contribution in [2.45, 2.75) is 20.0 Å². The monoisotopic (exact) mass is 203 g/mol. The second-order valence-electron chi connectivity index (χ2n) is 3.71. The van der Waals surface area contributed by atoms with Gasteiger partial charge in [0.1, 0.15) is 5.75 Å². The maximum atomic E-state index is 11.2. The average molecular weight is 203 g/mol. The van der Waals surface area contributed by atoms with Gasteiger partial charge < -0.3 is 9.72 Å². The van der Waals surface area contributed by atoms with Crippen LogP contribution in [0.15, 0.2) is 35.1 Å². The molecule has 0 aliphatic carbocycles. The van der Waals surface area contributed by atoms with E-state index in [4.69, 9.17) is 4.74 Å². The van der Waals surface area contributed by atoms with Crippen molar-refractivity contribution in [3.05, 3.63) is 40.7 Å². The molecular formula is C12H13NO2. The summed E-state index contributed by atoms with van der Waals surface area (Å²) in [6.07, 6.45) is 0.0966. The second kappa shape index (κ2) is 3.77. The van der Waals surface area contributed by atoms with E-state index in [9.17, 15) is 4.79 Å². The largest absolute Gasteiger partial charge is 0.489 e. The van der Waals surface area contributed by atoms with E-state index in [1.54, 1.807) is 6.07 Å². The maximum Gasteiger partial charge on any atom is 0.248 e. The molecule has 0 unspecified atom stereocenters. The minimum atomic E-state index is -0.109. The third-order valence-corrected chi connectivity index (χ3v) is 2.08. The predicted octanol–water partition coefficient (Wildman–Crippen LogP) is 2.32. The summed E-state index contributed by atoms with van der Waals surface area (Å²) in [5.74, 6) is 0.722. The Morgan fingerprint density at radius 3 is 2.73 bits per heavy atom. The minimum absolute atomic E-state index is 0.0966. The van der Waals surface area contributed by atoms with Crippen LogP contribution in [0, 0.1) is 0 Å². The zero-order chi connectivity index (χ0) is 10.8. The highest BCUT2D eigenvalue weighted by atomic mass is 16.5. The quantitative estimate of drug-likeness (QED) is 0.813. The highest BCUT2D eigenvalue weighted by Crippen LogP contribution is 2.22. The fourth-order valence-corrected chi connectivity index (χ4v) is 1.50. The van der Waals surface area contributed by atoms with Crippen molar-refractivity contribution < 1.29 is 4.74 Å². The van der Waals surface area contributed by atoms with E-state index in [-0.39, 0.29) is 11.7 Å². The van der Waals surface area contributed by atoms with Gasteiger partial charge in [-0.1, -0.05) is 12.1 Å². The summed E-state index contributed by atoms with van der Waals surface area (Å²) in [6, 6.07) is 9.03. The topological polar surface area (TPSA) is 42.1 Å². The molecule has 0 aliphatic heterocycles. The number of pyridine rings is 1. The van der Waals surface area contributed by atoms with Crippen LogP contribution < -0.4 is 10.3 Å². The van der Waals surface area contributed by atoms with E-state index in [2.05, 4.69) is 4.98 Å². The number of para-hydroxylation sites is 1. The van der Waals surface area contributed by atoms with Gasteiger partial charge in [-0.05, 0) is 26.0 Å². The molecule has 1 aromatic heterocycles. The Morgan fingerprint density at radius 2 is 2.00 bits per heavy atom. The van der Waals surface area contributed by atoms with Crippen LogP contribution in [-0.2, 0) is 0 Å². The number of H-pyrrole nitrogens is 1. The molecule has 78 valence electrons. The lowest BCUT2D eigenvalue weighted by Gasteiger charge is -2.11. The highest BCUT2D eigenvalue weighted by Gasteiger charge is 2.03. The number of fused-ring (bicyclic) bond motifs is 1. The summed E-state index contributed by atoms with van der Waals surface area (Å²) < 4.78 is 5.61. The van der Waals surface area contributed by atoms with Gasteiger partial charge in [-0.15, -0.1) is 0 Å². The molecule has 0 amide bonds. The van der Waals surface area contributed by atoms with Gasteiger partial charge in [-0.25, -0.2) is 0 Å². The second-order valence-corrected chi connectivity index (χ2v) is 3.71. The van der Waals surface area contributed by atoms with Crippen molar-refractivity contribution in [2.24, 2.45) is 0 Å². The number of rotatable bonds is 2. The van der Waals surface area contributed by atoms with Gasteiger partial charge in [0.05, 0.1) is 11.6 Å². The van der Waals surface area contributed by atoms with Crippen LogP contribution in [0.2, 0.25) is 0 Å². The Bertz CT molecular complexity index is 528. The van der Waals surface area contributed by atoms with Crippen molar-refractivity contribution in [3.63, 3.8) is 0 Å². The molecule has 1 heterocycles. The van der Waals surface area contributed by atoms with Gasteiger partial charge in [0, 0.05) is 11.5 Å². The van der Waals surface area contributed by atoms with Crippen molar-refractivity contribution in [3.8, 4) is 5.75 Å². The molecule has 0 saturated carbocycles. The molecule has 15 heavy (non-hydrogen) atoms. The maximum absolute atomic E-state index is 11.2. The first-order chi connectivity index (χ1) is 7.16. The zero-order valence-electron chi connectivity index (χ0n) is 8.78. The molecule has 0 bridgehead atoms. The molecule has 3 heteroatoms. The number of benzene rings is 1. The molecule has 0 saturated heterocycles. The molecule has 2 aromatic rings. The minimum Gasteiger partial charge on any atom is -0.489 e. The van der Waals surface area contributed by atoms with E-state index in [1.807, 2.05) is 32.0 Å². The van der Waals surface area contributed by atoms with Gasteiger partial charge in [0.15, 0.2) is 0 Å². The van der Waals surface area contributed by atoms with E-state index >= 15 is 0 Å². The lowest BCUT2D eigenvalue weighted by atomic mass is 10.2. The van der Waals surface area contributed by atoms with Crippen LogP contribution in [0.25, 0.3) is 10.9 Å². The molecule has 0 radical (unpaired) electrons. The fourth-order valence-electron chi connectivity index (χ4n) is 1.50. The summed E-state index contributed by atoms with van der Waals surface area (Å²) >= 11 is 0. The summed E-state index contributed by atoms with van der Waals surface area (Å²) in [6.45, 7) is 3.92. The number of hydrogen-bond acceptors (Lipinski definition) is 2. The normalized spacial score (nSPS) is 10.9. The lowest BCUT2D eigenvalue weighted by molar-refractivity contribution is 0.245. The molecule has 0 aliphatic rings. The van der Waals surface area contributed by atoms with Crippen molar-refractivity contribution >= 4 is 10.9 Å². The third-order valence-electron chi connectivity index (χ3n) is 2.08. The molecule has 0 atom stereocenters. The predicted molar refractivity (Wildman–Crippen MR) is 60.3 cm³/mol. The summed E-state index contributed by atoms with van der Waals surface area (Å²) in [4.78, 5) is 14.0. The Morgan fingerprint density at radius 1 is 1.20 bits per heavy atom. The average Bonchev–Trinajstić information content (AvgIpc) is 2.18. The van der Waals surface area contributed by atoms with E-state index < -0.39 is 0 Å².